The van der Waals surface area contributed by atoms with Gasteiger partial charge in [0.2, 0.25) is 5.75 Å². The van der Waals surface area contributed by atoms with Gasteiger partial charge >= 0.3 is 6.36 Å². The van der Waals surface area contributed by atoms with Crippen molar-refractivity contribution in [2.45, 2.75) is 43.9 Å². The fourth-order valence-electron chi connectivity index (χ4n) is 5.31. The van der Waals surface area contributed by atoms with Crippen molar-refractivity contribution in [3.05, 3.63) is 58.7 Å². The summed E-state index contributed by atoms with van der Waals surface area (Å²) in [5.74, 6) is -5.91. The number of aromatic amines is 1. The second-order valence-electron chi connectivity index (χ2n) is 9.41. The molecular formula is C25H24F6N4O2. The molecule has 12 heteroatoms. The molecule has 2 fully saturated rings. The van der Waals surface area contributed by atoms with E-state index in [9.17, 15) is 31.1 Å². The number of amides is 1. The Morgan fingerprint density at radius 3 is 2.22 bits per heavy atom. The van der Waals surface area contributed by atoms with E-state index in [1.54, 1.807) is 0 Å². The molecule has 0 atom stereocenters. The Bertz CT molecular complexity index is 1290. The molecule has 2 saturated heterocycles. The van der Waals surface area contributed by atoms with Crippen LogP contribution in [0, 0.1) is 17.5 Å². The van der Waals surface area contributed by atoms with Crippen molar-refractivity contribution in [3.63, 3.8) is 0 Å². The molecule has 2 aromatic heterocycles. The third-order valence-electron chi connectivity index (χ3n) is 7.10. The van der Waals surface area contributed by atoms with E-state index in [0.717, 1.165) is 31.6 Å². The smallest absolute Gasteiger partial charge is 0.399 e. The van der Waals surface area contributed by atoms with Crippen LogP contribution in [-0.2, 0) is 0 Å². The molecule has 1 aromatic carbocycles. The van der Waals surface area contributed by atoms with E-state index >= 15 is 0 Å². The molecule has 2 aliphatic rings. The van der Waals surface area contributed by atoms with Gasteiger partial charge in [0.1, 0.15) is 11.5 Å². The highest BCUT2D eigenvalue weighted by Gasteiger charge is 2.35. The Balaban J connectivity index is 1.32. The SMILES string of the molecule is O=C(c1cc(F)c(OC(F)(F)F)c(F)c1)N1CCC(c2c(F)cnc3[nH]c(C4CCNCC4)cc23)CC1. The van der Waals surface area contributed by atoms with Crippen LogP contribution in [0.4, 0.5) is 26.3 Å². The zero-order valence-corrected chi connectivity index (χ0v) is 19.6. The number of rotatable bonds is 4. The summed E-state index contributed by atoms with van der Waals surface area (Å²) in [4.78, 5) is 21.7. The fraction of sp³-hybridized carbons (Fsp3) is 0.440. The number of pyridine rings is 1. The van der Waals surface area contributed by atoms with Crippen LogP contribution in [-0.4, -0.2) is 53.3 Å². The minimum atomic E-state index is -5.28. The highest BCUT2D eigenvalue weighted by atomic mass is 19.4. The van der Waals surface area contributed by atoms with Crippen LogP contribution in [0.1, 0.15) is 59.1 Å². The second kappa shape index (κ2) is 9.88. The summed E-state index contributed by atoms with van der Waals surface area (Å²) in [6.45, 7) is 2.19. The third-order valence-corrected chi connectivity index (χ3v) is 7.10. The monoisotopic (exact) mass is 526 g/mol. The lowest BCUT2D eigenvalue weighted by Crippen LogP contribution is -2.38. The molecule has 5 rings (SSSR count). The van der Waals surface area contributed by atoms with Gasteiger partial charge in [0.25, 0.3) is 5.91 Å². The van der Waals surface area contributed by atoms with Crippen LogP contribution in [0.2, 0.25) is 0 Å². The summed E-state index contributed by atoms with van der Waals surface area (Å²) in [5, 5.41) is 4.03. The summed E-state index contributed by atoms with van der Waals surface area (Å²) in [5.41, 5.74) is 1.72. The van der Waals surface area contributed by atoms with Gasteiger partial charge in [0.05, 0.1) is 6.20 Å². The van der Waals surface area contributed by atoms with E-state index in [1.165, 1.54) is 11.1 Å². The van der Waals surface area contributed by atoms with Gasteiger partial charge in [0.15, 0.2) is 11.6 Å². The highest BCUT2D eigenvalue weighted by Crippen LogP contribution is 2.37. The molecule has 1 amide bonds. The van der Waals surface area contributed by atoms with E-state index in [2.05, 4.69) is 20.0 Å². The molecule has 0 spiro atoms. The summed E-state index contributed by atoms with van der Waals surface area (Å²) in [6.07, 6.45) is -1.36. The molecule has 0 aliphatic carbocycles. The van der Waals surface area contributed by atoms with Crippen molar-refractivity contribution in [2.24, 2.45) is 0 Å². The van der Waals surface area contributed by atoms with Gasteiger partial charge in [-0.15, -0.1) is 13.2 Å². The Morgan fingerprint density at radius 2 is 1.59 bits per heavy atom. The van der Waals surface area contributed by atoms with Gasteiger partial charge < -0.3 is 19.9 Å². The van der Waals surface area contributed by atoms with Gasteiger partial charge in [-0.2, -0.15) is 0 Å². The van der Waals surface area contributed by atoms with Gasteiger partial charge in [-0.1, -0.05) is 0 Å². The molecule has 6 nitrogen and oxygen atoms in total. The minimum absolute atomic E-state index is 0.183. The number of carbonyl (C=O) groups excluding carboxylic acids is 1. The Morgan fingerprint density at radius 1 is 0.946 bits per heavy atom. The molecular weight excluding hydrogens is 502 g/mol. The molecule has 4 heterocycles. The van der Waals surface area contributed by atoms with Crippen LogP contribution in [0.5, 0.6) is 5.75 Å². The number of halogens is 6. The normalized spacial score (nSPS) is 17.9. The van der Waals surface area contributed by atoms with E-state index in [1.807, 2.05) is 6.07 Å². The summed E-state index contributed by atoms with van der Waals surface area (Å²) >= 11 is 0. The fourth-order valence-corrected chi connectivity index (χ4v) is 5.31. The van der Waals surface area contributed by atoms with Crippen LogP contribution >= 0.6 is 0 Å². The number of benzene rings is 1. The predicted octanol–water partition coefficient (Wildman–Crippen LogP) is 5.37. The number of likely N-dealkylation sites (tertiary alicyclic amines) is 1. The molecule has 2 aliphatic heterocycles. The van der Waals surface area contributed by atoms with E-state index < -0.39 is 41.0 Å². The van der Waals surface area contributed by atoms with E-state index in [4.69, 9.17) is 0 Å². The van der Waals surface area contributed by atoms with Gasteiger partial charge in [-0.3, -0.25) is 4.79 Å². The van der Waals surface area contributed by atoms with Crippen molar-refractivity contribution < 1.29 is 35.9 Å². The number of aromatic nitrogens is 2. The van der Waals surface area contributed by atoms with E-state index in [0.29, 0.717) is 47.5 Å². The molecule has 0 bridgehead atoms. The lowest BCUT2D eigenvalue weighted by molar-refractivity contribution is -0.276. The molecule has 0 unspecified atom stereocenters. The first kappa shape index (κ1) is 25.4. The number of piperidine rings is 2. The van der Waals surface area contributed by atoms with Gasteiger partial charge in [0, 0.05) is 41.2 Å². The quantitative estimate of drug-likeness (QED) is 0.449. The number of ether oxygens (including phenoxy) is 1. The number of carbonyl (C=O) groups is 1. The maximum Gasteiger partial charge on any atom is 0.573 e. The lowest BCUT2D eigenvalue weighted by atomic mass is 9.87. The zero-order valence-electron chi connectivity index (χ0n) is 19.6. The van der Waals surface area contributed by atoms with Gasteiger partial charge in [-0.05, 0) is 62.9 Å². The number of nitrogens with one attached hydrogen (secondary N) is 2. The Hall–Kier alpha value is -3.28. The molecule has 0 saturated carbocycles. The minimum Gasteiger partial charge on any atom is -0.399 e. The number of hydrogen-bond donors (Lipinski definition) is 2. The Labute approximate surface area is 208 Å². The first-order valence-electron chi connectivity index (χ1n) is 12.0. The summed E-state index contributed by atoms with van der Waals surface area (Å²) in [6, 6.07) is 3.00. The summed E-state index contributed by atoms with van der Waals surface area (Å²) in [7, 11) is 0. The lowest BCUT2D eigenvalue weighted by Gasteiger charge is -2.32. The zero-order chi connectivity index (χ0) is 26.3. The molecule has 2 N–H and O–H groups in total. The average molecular weight is 526 g/mol. The third kappa shape index (κ3) is 5.25. The topological polar surface area (TPSA) is 70.2 Å². The van der Waals surface area contributed by atoms with Crippen LogP contribution in [0.15, 0.2) is 24.4 Å². The molecule has 37 heavy (non-hydrogen) atoms. The average Bonchev–Trinajstić information content (AvgIpc) is 3.30. The van der Waals surface area contributed by atoms with E-state index in [-0.39, 0.29) is 19.0 Å². The standard InChI is InChI=1S/C25H24F6N4O2/c26-17-9-15(10-18(27)22(17)37-25(29,30)31)24(36)35-7-3-14(4-8-35)21-16-11-20(13-1-5-32-6-2-13)34-23(16)33-12-19(21)28/h9-14,32H,1-8H2,(H,33,34). The maximum atomic E-state index is 15.0. The molecule has 3 aromatic rings. The van der Waals surface area contributed by atoms with Crippen LogP contribution in [0.25, 0.3) is 11.0 Å². The maximum absolute atomic E-state index is 15.0. The number of nitrogens with zero attached hydrogens (tertiary/aromatic N) is 2. The van der Waals surface area contributed by atoms with Crippen molar-refractivity contribution in [1.29, 1.82) is 0 Å². The van der Waals surface area contributed by atoms with Crippen molar-refractivity contribution in [1.82, 2.24) is 20.2 Å². The van der Waals surface area contributed by atoms with Crippen LogP contribution < -0.4 is 10.1 Å². The largest absolute Gasteiger partial charge is 0.573 e. The second-order valence-corrected chi connectivity index (χ2v) is 9.41. The highest BCUT2D eigenvalue weighted by molar-refractivity contribution is 5.94. The number of fused-ring (bicyclic) bond motifs is 1. The predicted molar refractivity (Wildman–Crippen MR) is 122 cm³/mol. The van der Waals surface area contributed by atoms with Crippen molar-refractivity contribution in [2.75, 3.05) is 26.2 Å². The first-order chi connectivity index (χ1) is 17.6. The van der Waals surface area contributed by atoms with Crippen molar-refractivity contribution in [3.8, 4) is 5.75 Å². The van der Waals surface area contributed by atoms with Crippen LogP contribution in [0.3, 0.4) is 0 Å². The number of H-pyrrole nitrogens is 1. The van der Waals surface area contributed by atoms with Crippen molar-refractivity contribution >= 4 is 16.9 Å². The van der Waals surface area contributed by atoms with Gasteiger partial charge in [-0.25, -0.2) is 18.2 Å². The summed E-state index contributed by atoms with van der Waals surface area (Å²) < 4.78 is 83.7. The molecule has 0 radical (unpaired) electrons. The first-order valence-corrected chi connectivity index (χ1v) is 12.0. The molecule has 198 valence electrons. The number of hydrogen-bond acceptors (Lipinski definition) is 4. The number of alkyl halides is 3. The Kier molecular flexibility index (Phi) is 6.78.